The molecule has 2 aromatic rings. The molecule has 2 atom stereocenters. The van der Waals surface area contributed by atoms with Crippen molar-refractivity contribution >= 4 is 11.7 Å². The number of nitrogens with one attached hydrogen (secondary N) is 1. The molecule has 1 aliphatic carbocycles. The van der Waals surface area contributed by atoms with Gasteiger partial charge in [-0.15, -0.1) is 0 Å². The molecule has 116 valence electrons. The number of amides is 1. The molecule has 0 saturated heterocycles. The molecule has 0 bridgehead atoms. The van der Waals surface area contributed by atoms with Crippen LogP contribution in [0.5, 0.6) is 0 Å². The highest BCUT2D eigenvalue weighted by molar-refractivity contribution is 5.96. The van der Waals surface area contributed by atoms with Crippen LogP contribution in [-0.4, -0.2) is 38.1 Å². The standard InChI is InChI=1S/C14H17N5O3/c1-7-10(14-16-5-6-22-14)19-12(15)11(17-7)13(21)18-8-3-2-4-9(8)20/h5-6,8-9,20H,2-4H2,1H3,(H2,15,19)(H,18,21)/t8-,9-/m0/s1. The second kappa shape index (κ2) is 5.72. The van der Waals surface area contributed by atoms with Gasteiger partial charge in [0.2, 0.25) is 5.89 Å². The number of nitrogens with zero attached hydrogens (tertiary/aromatic N) is 3. The number of carbonyl (C=O) groups is 1. The van der Waals surface area contributed by atoms with E-state index in [2.05, 4.69) is 20.3 Å². The van der Waals surface area contributed by atoms with Crippen molar-refractivity contribution in [2.45, 2.75) is 38.3 Å². The molecular formula is C14H17N5O3. The molecule has 2 heterocycles. The lowest BCUT2D eigenvalue weighted by Gasteiger charge is -2.16. The van der Waals surface area contributed by atoms with Crippen molar-refractivity contribution < 1.29 is 14.3 Å². The minimum Gasteiger partial charge on any atom is -0.443 e. The number of aliphatic hydroxyl groups excluding tert-OH is 1. The minimum atomic E-state index is -0.522. The summed E-state index contributed by atoms with van der Waals surface area (Å²) in [6.45, 7) is 1.70. The number of oxazole rings is 1. The molecule has 3 rings (SSSR count). The third-order valence-electron chi connectivity index (χ3n) is 3.74. The summed E-state index contributed by atoms with van der Waals surface area (Å²) in [5.74, 6) is -0.128. The lowest BCUT2D eigenvalue weighted by Crippen LogP contribution is -2.40. The number of rotatable bonds is 3. The summed E-state index contributed by atoms with van der Waals surface area (Å²) >= 11 is 0. The highest BCUT2D eigenvalue weighted by Crippen LogP contribution is 2.22. The summed E-state index contributed by atoms with van der Waals surface area (Å²) in [5.41, 5.74) is 6.78. The van der Waals surface area contributed by atoms with E-state index in [0.717, 1.165) is 12.8 Å². The lowest BCUT2D eigenvalue weighted by molar-refractivity contribution is 0.0869. The fourth-order valence-corrected chi connectivity index (χ4v) is 2.59. The molecule has 8 heteroatoms. The quantitative estimate of drug-likeness (QED) is 0.760. The second-order valence-corrected chi connectivity index (χ2v) is 5.31. The van der Waals surface area contributed by atoms with Gasteiger partial charge >= 0.3 is 0 Å². The van der Waals surface area contributed by atoms with E-state index in [-0.39, 0.29) is 17.6 Å². The van der Waals surface area contributed by atoms with Crippen molar-refractivity contribution in [3.05, 3.63) is 23.8 Å². The highest BCUT2D eigenvalue weighted by Gasteiger charge is 2.28. The lowest BCUT2D eigenvalue weighted by atomic mass is 10.2. The predicted octanol–water partition coefficient (Wildman–Crippen LogP) is 0.665. The number of anilines is 1. The van der Waals surface area contributed by atoms with Crippen molar-refractivity contribution in [3.8, 4) is 11.6 Å². The Balaban J connectivity index is 1.85. The first-order valence-electron chi connectivity index (χ1n) is 7.09. The molecule has 1 fully saturated rings. The molecule has 0 radical (unpaired) electrons. The van der Waals surface area contributed by atoms with Crippen molar-refractivity contribution in [2.24, 2.45) is 0 Å². The number of hydrogen-bond acceptors (Lipinski definition) is 7. The van der Waals surface area contributed by atoms with Crippen molar-refractivity contribution in [2.75, 3.05) is 5.73 Å². The maximum Gasteiger partial charge on any atom is 0.274 e. The number of nitrogens with two attached hydrogens (primary N) is 1. The van der Waals surface area contributed by atoms with Crippen LogP contribution in [0.4, 0.5) is 5.82 Å². The molecule has 1 amide bonds. The van der Waals surface area contributed by atoms with Crippen LogP contribution in [0, 0.1) is 6.92 Å². The topological polar surface area (TPSA) is 127 Å². The van der Waals surface area contributed by atoms with Crippen LogP contribution in [0.25, 0.3) is 11.6 Å². The third-order valence-corrected chi connectivity index (χ3v) is 3.74. The normalized spacial score (nSPS) is 21.0. The molecule has 0 unspecified atom stereocenters. The Morgan fingerprint density at radius 3 is 2.91 bits per heavy atom. The van der Waals surface area contributed by atoms with Crippen molar-refractivity contribution in [1.82, 2.24) is 20.3 Å². The number of aryl methyl sites for hydroxylation is 1. The van der Waals surface area contributed by atoms with Gasteiger partial charge in [-0.25, -0.2) is 15.0 Å². The fraction of sp³-hybridized carbons (Fsp3) is 0.429. The average molecular weight is 303 g/mol. The first kappa shape index (κ1) is 14.5. The Kier molecular flexibility index (Phi) is 3.76. The van der Waals surface area contributed by atoms with Gasteiger partial charge in [0.05, 0.1) is 24.0 Å². The van der Waals surface area contributed by atoms with Crippen LogP contribution in [-0.2, 0) is 0 Å². The fourth-order valence-electron chi connectivity index (χ4n) is 2.59. The van der Waals surface area contributed by atoms with Gasteiger partial charge in [-0.2, -0.15) is 0 Å². The summed E-state index contributed by atoms with van der Waals surface area (Å²) in [6, 6.07) is -0.263. The minimum absolute atomic E-state index is 0.00351. The van der Waals surface area contributed by atoms with E-state index in [0.29, 0.717) is 23.7 Å². The van der Waals surface area contributed by atoms with Gasteiger partial charge in [-0.05, 0) is 26.2 Å². The summed E-state index contributed by atoms with van der Waals surface area (Å²) in [4.78, 5) is 24.7. The second-order valence-electron chi connectivity index (χ2n) is 5.31. The average Bonchev–Trinajstić information content (AvgIpc) is 3.13. The number of nitrogen functional groups attached to an aromatic ring is 1. The molecular weight excluding hydrogens is 286 g/mol. The Morgan fingerprint density at radius 1 is 1.45 bits per heavy atom. The molecule has 4 N–H and O–H groups in total. The zero-order valence-electron chi connectivity index (χ0n) is 12.1. The maximum absolute atomic E-state index is 12.3. The van der Waals surface area contributed by atoms with Gasteiger partial charge in [0.1, 0.15) is 12.0 Å². The van der Waals surface area contributed by atoms with E-state index in [1.807, 2.05) is 0 Å². The Labute approximate surface area is 126 Å². The Bertz CT molecular complexity index is 686. The van der Waals surface area contributed by atoms with E-state index in [4.69, 9.17) is 10.2 Å². The van der Waals surface area contributed by atoms with E-state index in [9.17, 15) is 9.90 Å². The number of carbonyl (C=O) groups excluding carboxylic acids is 1. The zero-order valence-corrected chi connectivity index (χ0v) is 12.1. The first-order valence-corrected chi connectivity index (χ1v) is 7.09. The van der Waals surface area contributed by atoms with Crippen LogP contribution in [0.2, 0.25) is 0 Å². The van der Waals surface area contributed by atoms with Crippen LogP contribution in [0.1, 0.15) is 35.4 Å². The van der Waals surface area contributed by atoms with E-state index in [1.54, 1.807) is 6.92 Å². The smallest absolute Gasteiger partial charge is 0.274 e. The molecule has 0 aliphatic heterocycles. The summed E-state index contributed by atoms with van der Waals surface area (Å²) < 4.78 is 5.17. The zero-order chi connectivity index (χ0) is 15.7. The largest absolute Gasteiger partial charge is 0.443 e. The van der Waals surface area contributed by atoms with Crippen molar-refractivity contribution in [3.63, 3.8) is 0 Å². The number of hydrogen-bond donors (Lipinski definition) is 3. The number of aliphatic hydroxyl groups is 1. The SMILES string of the molecule is Cc1nc(C(=O)N[C@H]2CCC[C@@H]2O)c(N)nc1-c1ncco1. The summed E-state index contributed by atoms with van der Waals surface area (Å²) in [6.07, 6.45) is 4.71. The van der Waals surface area contributed by atoms with Gasteiger partial charge in [0.15, 0.2) is 11.5 Å². The van der Waals surface area contributed by atoms with Gasteiger partial charge in [-0.1, -0.05) is 0 Å². The molecule has 0 aromatic carbocycles. The van der Waals surface area contributed by atoms with E-state index < -0.39 is 12.0 Å². The first-order chi connectivity index (χ1) is 10.6. The molecule has 1 saturated carbocycles. The third kappa shape index (κ3) is 2.64. The van der Waals surface area contributed by atoms with Gasteiger partial charge in [-0.3, -0.25) is 4.79 Å². The predicted molar refractivity (Wildman–Crippen MR) is 77.8 cm³/mol. The molecule has 0 spiro atoms. The van der Waals surface area contributed by atoms with Crippen LogP contribution >= 0.6 is 0 Å². The van der Waals surface area contributed by atoms with Gasteiger partial charge in [0, 0.05) is 0 Å². The molecule has 1 aliphatic rings. The van der Waals surface area contributed by atoms with Crippen LogP contribution < -0.4 is 11.1 Å². The van der Waals surface area contributed by atoms with Crippen LogP contribution in [0.3, 0.4) is 0 Å². The maximum atomic E-state index is 12.3. The summed E-state index contributed by atoms with van der Waals surface area (Å²) in [5, 5.41) is 12.5. The number of aromatic nitrogens is 3. The molecule has 8 nitrogen and oxygen atoms in total. The molecule has 22 heavy (non-hydrogen) atoms. The van der Waals surface area contributed by atoms with Gasteiger partial charge in [0.25, 0.3) is 5.91 Å². The van der Waals surface area contributed by atoms with Gasteiger partial charge < -0.3 is 20.6 Å². The van der Waals surface area contributed by atoms with Crippen LogP contribution in [0.15, 0.2) is 16.9 Å². The molecule has 2 aromatic heterocycles. The Hall–Kier alpha value is -2.48. The van der Waals surface area contributed by atoms with E-state index in [1.165, 1.54) is 12.5 Å². The highest BCUT2D eigenvalue weighted by atomic mass is 16.3. The van der Waals surface area contributed by atoms with E-state index >= 15 is 0 Å². The monoisotopic (exact) mass is 303 g/mol. The van der Waals surface area contributed by atoms with Crippen molar-refractivity contribution in [1.29, 1.82) is 0 Å². The Morgan fingerprint density at radius 2 is 2.27 bits per heavy atom. The summed E-state index contributed by atoms with van der Waals surface area (Å²) in [7, 11) is 0.